The van der Waals surface area contributed by atoms with Gasteiger partial charge in [-0.3, -0.25) is 9.78 Å². The van der Waals surface area contributed by atoms with Crippen LogP contribution in [-0.4, -0.2) is 32.0 Å². The van der Waals surface area contributed by atoms with Crippen molar-refractivity contribution in [3.63, 3.8) is 0 Å². The van der Waals surface area contributed by atoms with Crippen molar-refractivity contribution in [2.24, 2.45) is 0 Å². The standard InChI is InChI=1S/C25H21ClF3N5O/c26-19-9-8-16(13-22(19)33(15-35)17-5-2-1-3-6-17)21-14-34-23(31-21)11-10-20(32-34)18-7-4-12-30-24(18)25(27,28)29/h4,7-15,17H,1-3,5-6H2. The summed E-state index contributed by atoms with van der Waals surface area (Å²) >= 11 is 6.46. The predicted octanol–water partition coefficient (Wildman–Crippen LogP) is 6.43. The van der Waals surface area contributed by atoms with Crippen LogP contribution in [0.3, 0.4) is 0 Å². The van der Waals surface area contributed by atoms with Crippen LogP contribution >= 0.6 is 11.6 Å². The van der Waals surface area contributed by atoms with Crippen molar-refractivity contribution >= 4 is 29.3 Å². The molecule has 180 valence electrons. The number of aromatic nitrogens is 4. The highest BCUT2D eigenvalue weighted by Crippen LogP contribution is 2.36. The van der Waals surface area contributed by atoms with E-state index in [9.17, 15) is 18.0 Å². The Bertz CT molecular complexity index is 1380. The fourth-order valence-corrected chi connectivity index (χ4v) is 4.79. The lowest BCUT2D eigenvalue weighted by Gasteiger charge is -2.32. The van der Waals surface area contributed by atoms with Crippen molar-refractivity contribution in [2.45, 2.75) is 44.3 Å². The molecule has 6 nitrogen and oxygen atoms in total. The summed E-state index contributed by atoms with van der Waals surface area (Å²) in [6.07, 6.45) is 4.12. The van der Waals surface area contributed by atoms with Crippen LogP contribution < -0.4 is 4.90 Å². The minimum Gasteiger partial charge on any atom is -0.310 e. The lowest BCUT2D eigenvalue weighted by Crippen LogP contribution is -2.35. The third-order valence-corrected chi connectivity index (χ3v) is 6.59. The van der Waals surface area contributed by atoms with Crippen LogP contribution in [0, 0.1) is 0 Å². The van der Waals surface area contributed by atoms with E-state index < -0.39 is 11.9 Å². The molecule has 1 aliphatic carbocycles. The number of rotatable bonds is 5. The molecule has 10 heteroatoms. The van der Waals surface area contributed by atoms with Crippen LogP contribution in [-0.2, 0) is 11.0 Å². The Morgan fingerprint density at radius 2 is 1.86 bits per heavy atom. The van der Waals surface area contributed by atoms with Crippen molar-refractivity contribution in [1.29, 1.82) is 0 Å². The van der Waals surface area contributed by atoms with Gasteiger partial charge < -0.3 is 4.90 Å². The number of anilines is 1. The molecule has 4 aromatic rings. The fraction of sp³-hybridized carbons (Fsp3) is 0.280. The second kappa shape index (κ2) is 9.30. The number of imidazole rings is 1. The van der Waals surface area contributed by atoms with Crippen molar-refractivity contribution in [3.05, 3.63) is 65.6 Å². The third-order valence-electron chi connectivity index (χ3n) is 6.27. The Balaban J connectivity index is 1.52. The number of pyridine rings is 1. The summed E-state index contributed by atoms with van der Waals surface area (Å²) in [7, 11) is 0. The molecule has 0 N–H and O–H groups in total. The molecule has 1 aromatic carbocycles. The van der Waals surface area contributed by atoms with Crippen LogP contribution in [0.4, 0.5) is 18.9 Å². The third kappa shape index (κ3) is 4.60. The Morgan fingerprint density at radius 3 is 2.60 bits per heavy atom. The maximum atomic E-state index is 13.4. The molecule has 0 radical (unpaired) electrons. The Hall–Kier alpha value is -3.46. The molecule has 0 saturated heterocycles. The van der Waals surface area contributed by atoms with E-state index in [1.54, 1.807) is 29.3 Å². The van der Waals surface area contributed by atoms with Crippen LogP contribution in [0.15, 0.2) is 54.9 Å². The largest absolute Gasteiger partial charge is 0.434 e. The SMILES string of the molecule is O=CN(c1cc(-c2cn3nc(-c4cccnc4C(F)(F)F)ccc3n2)ccc1Cl)C1CCCCC1. The Morgan fingerprint density at radius 1 is 1.06 bits per heavy atom. The highest BCUT2D eigenvalue weighted by molar-refractivity contribution is 6.33. The van der Waals surface area contributed by atoms with E-state index in [2.05, 4.69) is 15.1 Å². The molecule has 0 aliphatic heterocycles. The maximum Gasteiger partial charge on any atom is 0.434 e. The lowest BCUT2D eigenvalue weighted by atomic mass is 9.94. The van der Waals surface area contributed by atoms with Crippen molar-refractivity contribution in [2.75, 3.05) is 4.90 Å². The summed E-state index contributed by atoms with van der Waals surface area (Å²) in [5.41, 5.74) is 1.38. The molecule has 3 aromatic heterocycles. The second-order valence-corrected chi connectivity index (χ2v) is 8.92. The van der Waals surface area contributed by atoms with Gasteiger partial charge in [0.2, 0.25) is 6.41 Å². The minimum absolute atomic E-state index is 0.0987. The van der Waals surface area contributed by atoms with Gasteiger partial charge in [-0.25, -0.2) is 9.50 Å². The molecular weight excluding hydrogens is 479 g/mol. The molecule has 3 heterocycles. The molecule has 1 fully saturated rings. The zero-order chi connectivity index (χ0) is 24.6. The zero-order valence-corrected chi connectivity index (χ0v) is 19.3. The van der Waals surface area contributed by atoms with E-state index in [0.717, 1.165) is 50.3 Å². The van der Waals surface area contributed by atoms with Gasteiger partial charge in [-0.2, -0.15) is 18.3 Å². The van der Waals surface area contributed by atoms with Gasteiger partial charge in [0, 0.05) is 23.4 Å². The Labute approximate surface area is 204 Å². The highest BCUT2D eigenvalue weighted by Gasteiger charge is 2.35. The van der Waals surface area contributed by atoms with Crippen LogP contribution in [0.5, 0.6) is 0 Å². The van der Waals surface area contributed by atoms with Crippen LogP contribution in [0.2, 0.25) is 5.02 Å². The number of alkyl halides is 3. The average molecular weight is 500 g/mol. The summed E-state index contributed by atoms with van der Waals surface area (Å²) in [5, 5.41) is 4.82. The van der Waals surface area contributed by atoms with E-state index in [0.29, 0.717) is 22.1 Å². The van der Waals surface area contributed by atoms with Crippen molar-refractivity contribution < 1.29 is 18.0 Å². The summed E-state index contributed by atoms with van der Waals surface area (Å²) in [6.45, 7) is 0. The number of hydrogen-bond donors (Lipinski definition) is 0. The van der Waals surface area contributed by atoms with Gasteiger partial charge in [0.15, 0.2) is 11.3 Å². The number of hydrogen-bond acceptors (Lipinski definition) is 4. The summed E-state index contributed by atoms with van der Waals surface area (Å²) in [6, 6.07) is 11.3. The summed E-state index contributed by atoms with van der Waals surface area (Å²) < 4.78 is 41.7. The molecule has 0 spiro atoms. The smallest absolute Gasteiger partial charge is 0.310 e. The number of amides is 1. The summed E-state index contributed by atoms with van der Waals surface area (Å²) in [4.78, 5) is 21.7. The van der Waals surface area contributed by atoms with Gasteiger partial charge in [-0.15, -0.1) is 0 Å². The van der Waals surface area contributed by atoms with E-state index in [1.165, 1.54) is 22.7 Å². The fourth-order valence-electron chi connectivity index (χ4n) is 4.57. The monoisotopic (exact) mass is 499 g/mol. The number of benzene rings is 1. The molecule has 0 unspecified atom stereocenters. The number of nitrogens with zero attached hydrogens (tertiary/aromatic N) is 5. The molecular formula is C25H21ClF3N5O. The van der Waals surface area contributed by atoms with E-state index in [-0.39, 0.29) is 17.3 Å². The van der Waals surface area contributed by atoms with Crippen LogP contribution in [0.25, 0.3) is 28.2 Å². The highest BCUT2D eigenvalue weighted by atomic mass is 35.5. The molecule has 1 amide bonds. The first-order valence-corrected chi connectivity index (χ1v) is 11.7. The van der Waals surface area contributed by atoms with Gasteiger partial charge in [-0.1, -0.05) is 36.9 Å². The van der Waals surface area contributed by atoms with Gasteiger partial charge >= 0.3 is 6.18 Å². The van der Waals surface area contributed by atoms with E-state index in [4.69, 9.17) is 11.6 Å². The normalized spacial score (nSPS) is 14.9. The maximum absolute atomic E-state index is 13.4. The quantitative estimate of drug-likeness (QED) is 0.297. The van der Waals surface area contributed by atoms with Gasteiger partial charge in [-0.05, 0) is 49.2 Å². The zero-order valence-electron chi connectivity index (χ0n) is 18.5. The molecule has 35 heavy (non-hydrogen) atoms. The van der Waals surface area contributed by atoms with Gasteiger partial charge in [0.25, 0.3) is 0 Å². The van der Waals surface area contributed by atoms with Crippen LogP contribution in [0.1, 0.15) is 37.8 Å². The van der Waals surface area contributed by atoms with Crippen molar-refractivity contribution in [1.82, 2.24) is 19.6 Å². The van der Waals surface area contributed by atoms with E-state index >= 15 is 0 Å². The molecule has 0 atom stereocenters. The average Bonchev–Trinajstić information content (AvgIpc) is 3.29. The molecule has 1 saturated carbocycles. The first-order valence-electron chi connectivity index (χ1n) is 11.3. The number of carbonyl (C=O) groups is 1. The topological polar surface area (TPSA) is 63.4 Å². The number of carbonyl (C=O) groups excluding carboxylic acids is 1. The van der Waals surface area contributed by atoms with Gasteiger partial charge in [0.1, 0.15) is 0 Å². The Kier molecular flexibility index (Phi) is 6.19. The molecule has 5 rings (SSSR count). The predicted molar refractivity (Wildman–Crippen MR) is 127 cm³/mol. The number of fused-ring (bicyclic) bond motifs is 1. The molecule has 1 aliphatic rings. The number of halogens is 4. The second-order valence-electron chi connectivity index (χ2n) is 8.52. The summed E-state index contributed by atoms with van der Waals surface area (Å²) in [5.74, 6) is 0. The van der Waals surface area contributed by atoms with E-state index in [1.807, 2.05) is 6.07 Å². The lowest BCUT2D eigenvalue weighted by molar-refractivity contribution is -0.140. The first kappa shape index (κ1) is 23.3. The minimum atomic E-state index is -4.60. The molecule has 0 bridgehead atoms. The van der Waals surface area contributed by atoms with Crippen molar-refractivity contribution in [3.8, 4) is 22.5 Å². The van der Waals surface area contributed by atoms with Gasteiger partial charge in [0.05, 0.1) is 28.3 Å². The first-order chi connectivity index (χ1) is 16.8.